The Morgan fingerprint density at radius 2 is 1.60 bits per heavy atom. The van der Waals surface area contributed by atoms with Crippen LogP contribution in [0.25, 0.3) is 0 Å². The Labute approximate surface area is 131 Å². The molecule has 0 radical (unpaired) electrons. The smallest absolute Gasteiger partial charge is 0.253 e. The molecule has 1 amide bonds. The first-order valence-electron chi connectivity index (χ1n) is 7.39. The maximum absolute atomic E-state index is 12.4. The summed E-state index contributed by atoms with van der Waals surface area (Å²) < 4.78 is 0.999. The SMILES string of the molecule is CCN(CC)CCCN(CC)C(=O)c1ccc(Br)cc1. The number of carbonyl (C=O) groups is 1. The van der Waals surface area contributed by atoms with Crippen molar-refractivity contribution in [1.82, 2.24) is 9.80 Å². The minimum atomic E-state index is 0.125. The van der Waals surface area contributed by atoms with E-state index in [1.54, 1.807) is 0 Å². The van der Waals surface area contributed by atoms with Gasteiger partial charge in [-0.25, -0.2) is 0 Å². The van der Waals surface area contributed by atoms with Crippen LogP contribution in [-0.2, 0) is 0 Å². The number of halogens is 1. The molecule has 3 nitrogen and oxygen atoms in total. The summed E-state index contributed by atoms with van der Waals surface area (Å²) in [6.07, 6.45) is 1.03. The third-order valence-electron chi connectivity index (χ3n) is 3.56. The van der Waals surface area contributed by atoms with Gasteiger partial charge in [0.2, 0.25) is 0 Å². The highest BCUT2D eigenvalue weighted by Crippen LogP contribution is 2.12. The molecule has 20 heavy (non-hydrogen) atoms. The second kappa shape index (κ2) is 9.14. The summed E-state index contributed by atoms with van der Waals surface area (Å²) in [6, 6.07) is 7.58. The van der Waals surface area contributed by atoms with Crippen molar-refractivity contribution in [3.05, 3.63) is 34.3 Å². The summed E-state index contributed by atoms with van der Waals surface area (Å²) in [7, 11) is 0. The number of rotatable bonds is 8. The maximum Gasteiger partial charge on any atom is 0.253 e. The molecule has 0 bridgehead atoms. The molecule has 0 unspecified atom stereocenters. The van der Waals surface area contributed by atoms with Gasteiger partial charge in [0.1, 0.15) is 0 Å². The normalized spacial score (nSPS) is 10.8. The van der Waals surface area contributed by atoms with Crippen LogP contribution in [0.15, 0.2) is 28.7 Å². The monoisotopic (exact) mass is 340 g/mol. The Morgan fingerprint density at radius 1 is 1.00 bits per heavy atom. The van der Waals surface area contributed by atoms with Crippen molar-refractivity contribution in [3.8, 4) is 0 Å². The lowest BCUT2D eigenvalue weighted by atomic mass is 10.2. The fourth-order valence-electron chi connectivity index (χ4n) is 2.20. The van der Waals surface area contributed by atoms with Crippen LogP contribution in [-0.4, -0.2) is 48.4 Å². The summed E-state index contributed by atoms with van der Waals surface area (Å²) >= 11 is 3.39. The van der Waals surface area contributed by atoms with E-state index in [0.29, 0.717) is 0 Å². The van der Waals surface area contributed by atoms with Crippen molar-refractivity contribution in [1.29, 1.82) is 0 Å². The molecule has 1 rings (SSSR count). The molecule has 0 aliphatic carbocycles. The van der Waals surface area contributed by atoms with E-state index in [1.807, 2.05) is 36.1 Å². The van der Waals surface area contributed by atoms with E-state index in [9.17, 15) is 4.79 Å². The lowest BCUT2D eigenvalue weighted by molar-refractivity contribution is 0.0757. The van der Waals surface area contributed by atoms with Crippen LogP contribution in [0.4, 0.5) is 0 Å². The molecule has 0 aliphatic heterocycles. The summed E-state index contributed by atoms with van der Waals surface area (Å²) in [5.41, 5.74) is 0.762. The number of carbonyl (C=O) groups excluding carboxylic acids is 1. The Kier molecular flexibility index (Phi) is 7.85. The molecule has 0 atom stereocenters. The highest BCUT2D eigenvalue weighted by Gasteiger charge is 2.13. The molecule has 112 valence electrons. The number of nitrogens with zero attached hydrogens (tertiary/aromatic N) is 2. The van der Waals surface area contributed by atoms with E-state index in [4.69, 9.17) is 0 Å². The van der Waals surface area contributed by atoms with Gasteiger partial charge in [-0.05, 0) is 57.2 Å². The van der Waals surface area contributed by atoms with Gasteiger partial charge in [0, 0.05) is 23.1 Å². The number of benzene rings is 1. The van der Waals surface area contributed by atoms with E-state index in [1.165, 1.54) is 0 Å². The zero-order chi connectivity index (χ0) is 15.0. The number of hydrogen-bond acceptors (Lipinski definition) is 2. The number of hydrogen-bond donors (Lipinski definition) is 0. The van der Waals surface area contributed by atoms with E-state index in [-0.39, 0.29) is 5.91 Å². The Morgan fingerprint density at radius 3 is 2.10 bits per heavy atom. The van der Waals surface area contributed by atoms with Gasteiger partial charge in [-0.2, -0.15) is 0 Å². The average molecular weight is 341 g/mol. The van der Waals surface area contributed by atoms with Crippen molar-refractivity contribution in [2.75, 3.05) is 32.7 Å². The zero-order valence-corrected chi connectivity index (χ0v) is 14.3. The molecule has 4 heteroatoms. The van der Waals surface area contributed by atoms with Crippen molar-refractivity contribution in [2.45, 2.75) is 27.2 Å². The molecule has 0 heterocycles. The van der Waals surface area contributed by atoms with Gasteiger partial charge in [-0.15, -0.1) is 0 Å². The first-order chi connectivity index (χ1) is 9.62. The second-order valence-corrected chi connectivity index (χ2v) is 5.69. The summed E-state index contributed by atoms with van der Waals surface area (Å²) in [5, 5.41) is 0. The van der Waals surface area contributed by atoms with Crippen LogP contribution < -0.4 is 0 Å². The van der Waals surface area contributed by atoms with Crippen LogP contribution in [0, 0.1) is 0 Å². The average Bonchev–Trinajstić information content (AvgIpc) is 2.48. The van der Waals surface area contributed by atoms with E-state index in [2.05, 4.69) is 34.7 Å². The van der Waals surface area contributed by atoms with Gasteiger partial charge >= 0.3 is 0 Å². The molecule has 0 fully saturated rings. The van der Waals surface area contributed by atoms with Crippen molar-refractivity contribution in [2.24, 2.45) is 0 Å². The van der Waals surface area contributed by atoms with Crippen LogP contribution in [0.2, 0.25) is 0 Å². The third-order valence-corrected chi connectivity index (χ3v) is 4.09. The van der Waals surface area contributed by atoms with Crippen LogP contribution in [0.5, 0.6) is 0 Å². The van der Waals surface area contributed by atoms with Crippen molar-refractivity contribution in [3.63, 3.8) is 0 Å². The quantitative estimate of drug-likeness (QED) is 0.721. The minimum Gasteiger partial charge on any atom is -0.339 e. The minimum absolute atomic E-state index is 0.125. The van der Waals surface area contributed by atoms with Crippen molar-refractivity contribution < 1.29 is 4.79 Å². The Bertz CT molecular complexity index is 401. The lowest BCUT2D eigenvalue weighted by Crippen LogP contribution is -2.34. The lowest BCUT2D eigenvalue weighted by Gasteiger charge is -2.23. The molecule has 1 aromatic carbocycles. The molecule has 0 saturated carbocycles. The predicted molar refractivity (Wildman–Crippen MR) is 88.1 cm³/mol. The molecule has 1 aromatic rings. The number of amides is 1. The largest absolute Gasteiger partial charge is 0.339 e. The Hall–Kier alpha value is -0.870. The zero-order valence-electron chi connectivity index (χ0n) is 12.7. The third kappa shape index (κ3) is 5.25. The molecule has 0 spiro atoms. The van der Waals surface area contributed by atoms with Crippen molar-refractivity contribution >= 4 is 21.8 Å². The van der Waals surface area contributed by atoms with E-state index < -0.39 is 0 Å². The second-order valence-electron chi connectivity index (χ2n) is 4.77. The van der Waals surface area contributed by atoms with Gasteiger partial charge in [0.05, 0.1) is 0 Å². The summed E-state index contributed by atoms with van der Waals surface area (Å²) in [4.78, 5) is 16.7. The highest BCUT2D eigenvalue weighted by atomic mass is 79.9. The first kappa shape index (κ1) is 17.2. The van der Waals surface area contributed by atoms with Crippen LogP contribution in [0.3, 0.4) is 0 Å². The molecular weight excluding hydrogens is 316 g/mol. The first-order valence-corrected chi connectivity index (χ1v) is 8.18. The molecule has 0 aliphatic rings. The van der Waals surface area contributed by atoms with Crippen LogP contribution in [0.1, 0.15) is 37.6 Å². The fourth-order valence-corrected chi connectivity index (χ4v) is 2.47. The molecular formula is C16H25BrN2O. The molecule has 0 aromatic heterocycles. The summed E-state index contributed by atoms with van der Waals surface area (Å²) in [5.74, 6) is 0.125. The van der Waals surface area contributed by atoms with Gasteiger partial charge in [-0.3, -0.25) is 4.79 Å². The standard InChI is InChI=1S/C16H25BrN2O/c1-4-18(5-2)12-7-13-19(6-3)16(20)14-8-10-15(17)11-9-14/h8-11H,4-7,12-13H2,1-3H3. The van der Waals surface area contributed by atoms with E-state index >= 15 is 0 Å². The molecule has 0 N–H and O–H groups in total. The van der Waals surface area contributed by atoms with Gasteiger partial charge < -0.3 is 9.80 Å². The highest BCUT2D eigenvalue weighted by molar-refractivity contribution is 9.10. The van der Waals surface area contributed by atoms with Gasteiger partial charge in [-0.1, -0.05) is 29.8 Å². The van der Waals surface area contributed by atoms with Gasteiger partial charge in [0.15, 0.2) is 0 Å². The maximum atomic E-state index is 12.4. The Balaban J connectivity index is 2.53. The fraction of sp³-hybridized carbons (Fsp3) is 0.562. The van der Waals surface area contributed by atoms with Crippen LogP contribution >= 0.6 is 15.9 Å². The predicted octanol–water partition coefficient (Wildman–Crippen LogP) is 3.64. The molecule has 0 saturated heterocycles. The van der Waals surface area contributed by atoms with E-state index in [0.717, 1.165) is 49.2 Å². The summed E-state index contributed by atoms with van der Waals surface area (Å²) in [6.45, 7) is 11.2. The van der Waals surface area contributed by atoms with Gasteiger partial charge in [0.25, 0.3) is 5.91 Å². The topological polar surface area (TPSA) is 23.6 Å².